The number of nitrogens with two attached hydrogens (primary N) is 4. The number of hydrogen-bond donors (Lipinski definition) is 14. The smallest absolute Gasteiger partial charge is 0.326 e. The molecule has 1 aromatic heterocycles. The van der Waals surface area contributed by atoms with Gasteiger partial charge in [0.25, 0.3) is 0 Å². The number of primary amides is 1. The monoisotopic (exact) mass is 867 g/mol. The van der Waals surface area contributed by atoms with Crippen molar-refractivity contribution < 1.29 is 58.5 Å². The first-order chi connectivity index (χ1) is 28.6. The molecule has 25 nitrogen and oxygen atoms in total. The lowest BCUT2D eigenvalue weighted by molar-refractivity contribution is -0.144. The molecule has 1 aromatic rings. The highest BCUT2D eigenvalue weighted by Gasteiger charge is 2.35. The average Bonchev–Trinajstić information content (AvgIpc) is 3.70. The van der Waals surface area contributed by atoms with E-state index in [-0.39, 0.29) is 50.5 Å². The van der Waals surface area contributed by atoms with E-state index in [1.807, 2.05) is 0 Å². The molecule has 0 aliphatic heterocycles. The zero-order chi connectivity index (χ0) is 46.4. The summed E-state index contributed by atoms with van der Waals surface area (Å²) in [6.45, 7) is 5.92. The second-order valence-corrected chi connectivity index (χ2v) is 14.8. The Kier molecular flexibility index (Phi) is 23.0. The molecule has 0 saturated heterocycles. The van der Waals surface area contributed by atoms with Crippen LogP contribution in [-0.2, 0) is 49.6 Å². The quantitative estimate of drug-likeness (QED) is 0.0204. The van der Waals surface area contributed by atoms with E-state index in [1.54, 1.807) is 27.7 Å². The number of aromatic nitrogens is 2. The zero-order valence-electron chi connectivity index (χ0n) is 34.6. The molecule has 0 fully saturated rings. The van der Waals surface area contributed by atoms with Crippen LogP contribution in [-0.4, -0.2) is 140 Å². The molecule has 18 N–H and O–H groups in total. The molecule has 8 atom stereocenters. The van der Waals surface area contributed by atoms with Crippen molar-refractivity contribution in [1.82, 2.24) is 41.9 Å². The molecule has 1 heterocycles. The van der Waals surface area contributed by atoms with Gasteiger partial charge in [0, 0.05) is 31.3 Å². The van der Waals surface area contributed by atoms with E-state index in [4.69, 9.17) is 28.0 Å². The van der Waals surface area contributed by atoms with Gasteiger partial charge in [-0.3, -0.25) is 43.3 Å². The van der Waals surface area contributed by atoms with Crippen molar-refractivity contribution in [3.8, 4) is 0 Å². The van der Waals surface area contributed by atoms with Gasteiger partial charge in [-0.15, -0.1) is 0 Å². The van der Waals surface area contributed by atoms with Crippen LogP contribution in [0.25, 0.3) is 0 Å². The zero-order valence-corrected chi connectivity index (χ0v) is 34.6. The maximum Gasteiger partial charge on any atom is 0.326 e. The highest BCUT2D eigenvalue weighted by molar-refractivity contribution is 5.97. The number of carboxylic acids is 2. The summed E-state index contributed by atoms with van der Waals surface area (Å²) in [6, 6.07) is -10.1. The fraction of sp³-hybridized carbons (Fsp3) is 0.639. The van der Waals surface area contributed by atoms with Gasteiger partial charge in [0.05, 0.1) is 25.4 Å². The molecule has 0 saturated carbocycles. The molecular formula is C36H61N13O12. The first kappa shape index (κ1) is 52.6. The van der Waals surface area contributed by atoms with Crippen LogP contribution >= 0.6 is 0 Å². The molecule has 0 spiro atoms. The number of carbonyl (C=O) groups excluding carboxylic acids is 7. The topological polar surface area (TPSA) is 432 Å². The third-order valence-corrected chi connectivity index (χ3v) is 9.16. The number of aliphatic carboxylic acids is 2. The number of aliphatic imine (C=N–C) groups is 1. The predicted molar refractivity (Wildman–Crippen MR) is 216 cm³/mol. The summed E-state index contributed by atoms with van der Waals surface area (Å²) in [6.07, 6.45) is 1.50. The number of aliphatic hydroxyl groups is 1. The number of nitrogens with one attached hydrogen (secondary N) is 7. The van der Waals surface area contributed by atoms with E-state index in [2.05, 4.69) is 46.9 Å². The van der Waals surface area contributed by atoms with Crippen LogP contribution in [0.2, 0.25) is 0 Å². The number of hydrogen-bond acceptors (Lipinski definition) is 13. The lowest BCUT2D eigenvalue weighted by Gasteiger charge is -2.29. The van der Waals surface area contributed by atoms with Gasteiger partial charge >= 0.3 is 11.9 Å². The maximum atomic E-state index is 13.9. The van der Waals surface area contributed by atoms with Crippen LogP contribution in [0.3, 0.4) is 0 Å². The van der Waals surface area contributed by atoms with Gasteiger partial charge in [-0.1, -0.05) is 34.1 Å². The second-order valence-electron chi connectivity index (χ2n) is 14.8. The average molecular weight is 868 g/mol. The van der Waals surface area contributed by atoms with Crippen molar-refractivity contribution in [1.29, 1.82) is 0 Å². The van der Waals surface area contributed by atoms with Gasteiger partial charge in [-0.2, -0.15) is 0 Å². The Bertz CT molecular complexity index is 1690. The fourth-order valence-corrected chi connectivity index (χ4v) is 5.62. The second kappa shape index (κ2) is 26.7. The van der Waals surface area contributed by atoms with Crippen molar-refractivity contribution >= 4 is 59.2 Å². The van der Waals surface area contributed by atoms with E-state index in [9.17, 15) is 53.4 Å². The van der Waals surface area contributed by atoms with Crippen molar-refractivity contribution in [2.75, 3.05) is 13.2 Å². The third-order valence-electron chi connectivity index (χ3n) is 9.16. The Morgan fingerprint density at radius 3 is 1.84 bits per heavy atom. The number of aromatic amines is 1. The first-order valence-electron chi connectivity index (χ1n) is 19.5. The van der Waals surface area contributed by atoms with Gasteiger partial charge in [-0.05, 0) is 37.5 Å². The molecule has 0 unspecified atom stereocenters. The minimum Gasteiger partial charge on any atom is -0.481 e. The number of aliphatic hydroxyl groups excluding tert-OH is 1. The van der Waals surface area contributed by atoms with Crippen molar-refractivity contribution in [2.45, 2.75) is 121 Å². The van der Waals surface area contributed by atoms with Crippen LogP contribution < -0.4 is 54.8 Å². The van der Waals surface area contributed by atoms with E-state index in [1.165, 1.54) is 12.5 Å². The number of guanidine groups is 1. The number of nitrogens with zero attached hydrogens (tertiary/aromatic N) is 2. The molecular weight excluding hydrogens is 806 g/mol. The summed E-state index contributed by atoms with van der Waals surface area (Å²) < 4.78 is 0. The molecule has 0 bridgehead atoms. The van der Waals surface area contributed by atoms with Crippen LogP contribution in [0.4, 0.5) is 0 Å². The summed E-state index contributed by atoms with van der Waals surface area (Å²) >= 11 is 0. The molecule has 0 radical (unpaired) electrons. The summed E-state index contributed by atoms with van der Waals surface area (Å²) in [5.41, 5.74) is 22.0. The lowest BCUT2D eigenvalue weighted by Crippen LogP contribution is -2.61. The molecule has 0 aliphatic carbocycles. The Morgan fingerprint density at radius 2 is 1.31 bits per heavy atom. The molecule has 342 valence electrons. The first-order valence-corrected chi connectivity index (χ1v) is 19.5. The lowest BCUT2D eigenvalue weighted by atomic mass is 9.96. The number of carbonyl (C=O) groups is 9. The van der Waals surface area contributed by atoms with Crippen molar-refractivity contribution in [3.05, 3.63) is 18.2 Å². The standard InChI is InChI=1S/C36H61N13O12/c1-5-18(4)28(34(59)47-24(35(60)61)13-26(38)51)49-32(57)22(11-17(2)3)45-31(56)23(12-19-14-41-16-43-19)46-33(58)25(15-50)48-30(55)21(7-6-10-42-36(39)40)44-29(54)20(37)8-9-27(52)53/h14,16-18,20-25,28,50H,5-13,15,37H2,1-4H3,(H2,38,51)(H,41,43)(H,44,54)(H,45,56)(H,46,58)(H,47,59)(H,48,55)(H,49,57)(H,52,53)(H,60,61)(H4,39,40,42)/t18-,20-,21-,22-,23-,24-,25-,28-/m0/s1. The van der Waals surface area contributed by atoms with Crippen LogP contribution in [0.1, 0.15) is 78.3 Å². The summed E-state index contributed by atoms with van der Waals surface area (Å²) in [4.78, 5) is 126. The summed E-state index contributed by atoms with van der Waals surface area (Å²) in [5.74, 6) is -10.2. The number of carboxylic acid groups (broad SMARTS) is 2. The van der Waals surface area contributed by atoms with E-state index < -0.39 is 121 Å². The molecule has 25 heteroatoms. The number of H-pyrrole nitrogens is 1. The van der Waals surface area contributed by atoms with Gasteiger partial charge in [0.2, 0.25) is 41.4 Å². The van der Waals surface area contributed by atoms with Crippen LogP contribution in [0.15, 0.2) is 17.5 Å². The number of rotatable bonds is 29. The van der Waals surface area contributed by atoms with Gasteiger partial charge in [0.1, 0.15) is 36.3 Å². The highest BCUT2D eigenvalue weighted by Crippen LogP contribution is 2.13. The van der Waals surface area contributed by atoms with Crippen LogP contribution in [0, 0.1) is 11.8 Å². The summed E-state index contributed by atoms with van der Waals surface area (Å²) in [7, 11) is 0. The Balaban J connectivity index is 3.35. The van der Waals surface area contributed by atoms with Gasteiger partial charge in [0.15, 0.2) is 5.96 Å². The van der Waals surface area contributed by atoms with E-state index >= 15 is 0 Å². The van der Waals surface area contributed by atoms with Crippen molar-refractivity contribution in [3.63, 3.8) is 0 Å². The number of imidazole rings is 1. The minimum atomic E-state index is -1.70. The molecule has 7 amide bonds. The molecule has 0 aromatic carbocycles. The normalized spacial score (nSPS) is 14.9. The Morgan fingerprint density at radius 1 is 0.754 bits per heavy atom. The number of amides is 7. The largest absolute Gasteiger partial charge is 0.481 e. The highest BCUT2D eigenvalue weighted by atomic mass is 16.4. The molecule has 61 heavy (non-hydrogen) atoms. The molecule has 1 rings (SSSR count). The van der Waals surface area contributed by atoms with E-state index in [0.29, 0.717) is 12.1 Å². The summed E-state index contributed by atoms with van der Waals surface area (Å²) in [5, 5.41) is 43.2. The van der Waals surface area contributed by atoms with Crippen molar-refractivity contribution in [2.24, 2.45) is 39.8 Å². The van der Waals surface area contributed by atoms with Gasteiger partial charge < -0.3 is 75.1 Å². The fourth-order valence-electron chi connectivity index (χ4n) is 5.62. The SMILES string of the molecule is CC[C@H](C)[C@H](NC(=O)[C@H](CC(C)C)NC(=O)[C@H](Cc1cnc[nH]1)NC(=O)[C@H](CO)NC(=O)[C@H](CCCN=C(N)N)NC(=O)[C@@H](N)CCC(=O)O)C(=O)N[C@@H](CC(N)=O)C(=O)O. The Hall–Kier alpha value is -6.37. The Labute approximate surface area is 351 Å². The predicted octanol–water partition coefficient (Wildman–Crippen LogP) is -4.85. The minimum absolute atomic E-state index is 0.0299. The maximum absolute atomic E-state index is 13.9. The van der Waals surface area contributed by atoms with E-state index in [0.717, 1.165) is 0 Å². The third kappa shape index (κ3) is 20.0. The molecule has 0 aliphatic rings. The van der Waals surface area contributed by atoms with Gasteiger partial charge in [-0.25, -0.2) is 9.78 Å². The van der Waals surface area contributed by atoms with Crippen LogP contribution in [0.5, 0.6) is 0 Å².